The molecule has 2 aromatic carbocycles. The third-order valence-corrected chi connectivity index (χ3v) is 4.34. The van der Waals surface area contributed by atoms with E-state index in [0.717, 1.165) is 18.4 Å². The maximum atomic E-state index is 12.0. The molecule has 28 heavy (non-hydrogen) atoms. The number of halogens is 1. The molecule has 9 heteroatoms. The van der Waals surface area contributed by atoms with Crippen LogP contribution in [0, 0.1) is 16.0 Å². The molecule has 2 aromatic rings. The summed E-state index contributed by atoms with van der Waals surface area (Å²) in [6.07, 6.45) is 1.85. The number of ether oxygens (including phenoxy) is 1. The largest absolute Gasteiger partial charge is 0.477 e. The molecular formula is C19H18ClN3O5. The lowest BCUT2D eigenvalue weighted by molar-refractivity contribution is -0.385. The van der Waals surface area contributed by atoms with Gasteiger partial charge in [0.15, 0.2) is 12.4 Å². The quantitative estimate of drug-likeness (QED) is 0.519. The Kier molecular flexibility index (Phi) is 6.10. The van der Waals surface area contributed by atoms with E-state index in [9.17, 15) is 19.7 Å². The third-order valence-electron chi connectivity index (χ3n) is 4.11. The zero-order valence-electron chi connectivity index (χ0n) is 14.8. The standard InChI is InChI=1S/C19H18ClN3O5/c20-14-6-7-16(23(26)27)17(9-14)28-11-18(24)21-10-12-2-1-3-15(8-12)22-19(25)13-4-5-13/h1-3,6-9,13H,4-5,10-11H2,(H,21,24)(H,22,25). The molecule has 1 fully saturated rings. The smallest absolute Gasteiger partial charge is 0.311 e. The number of nitro benzene ring substituents is 1. The lowest BCUT2D eigenvalue weighted by Crippen LogP contribution is -2.28. The number of hydrogen-bond donors (Lipinski definition) is 2. The third kappa shape index (κ3) is 5.43. The highest BCUT2D eigenvalue weighted by molar-refractivity contribution is 6.30. The molecule has 0 aromatic heterocycles. The van der Waals surface area contributed by atoms with E-state index in [-0.39, 0.29) is 41.4 Å². The second kappa shape index (κ2) is 8.71. The molecule has 0 atom stereocenters. The molecule has 1 aliphatic rings. The molecule has 2 N–H and O–H groups in total. The Morgan fingerprint density at radius 3 is 2.71 bits per heavy atom. The molecule has 0 heterocycles. The van der Waals surface area contributed by atoms with Gasteiger partial charge in [0.2, 0.25) is 5.91 Å². The van der Waals surface area contributed by atoms with Crippen molar-refractivity contribution in [2.24, 2.45) is 5.92 Å². The van der Waals surface area contributed by atoms with E-state index in [0.29, 0.717) is 5.69 Å². The summed E-state index contributed by atoms with van der Waals surface area (Å²) in [7, 11) is 0. The highest BCUT2D eigenvalue weighted by atomic mass is 35.5. The monoisotopic (exact) mass is 403 g/mol. The molecular weight excluding hydrogens is 386 g/mol. The molecule has 0 aliphatic heterocycles. The van der Waals surface area contributed by atoms with Crippen LogP contribution in [0.1, 0.15) is 18.4 Å². The molecule has 3 rings (SSSR count). The van der Waals surface area contributed by atoms with Crippen molar-refractivity contribution in [1.29, 1.82) is 0 Å². The van der Waals surface area contributed by atoms with E-state index < -0.39 is 10.8 Å². The number of amides is 2. The Hall–Kier alpha value is -3.13. The van der Waals surface area contributed by atoms with Crippen LogP contribution >= 0.6 is 11.6 Å². The van der Waals surface area contributed by atoms with Gasteiger partial charge in [-0.25, -0.2) is 0 Å². The van der Waals surface area contributed by atoms with Gasteiger partial charge in [0.1, 0.15) is 0 Å². The van der Waals surface area contributed by atoms with Crippen LogP contribution in [0.2, 0.25) is 5.02 Å². The van der Waals surface area contributed by atoms with Crippen molar-refractivity contribution in [3.63, 3.8) is 0 Å². The number of hydrogen-bond acceptors (Lipinski definition) is 5. The summed E-state index contributed by atoms with van der Waals surface area (Å²) in [5.41, 5.74) is 1.21. The molecule has 0 spiro atoms. The minimum atomic E-state index is -0.606. The minimum absolute atomic E-state index is 0.0118. The van der Waals surface area contributed by atoms with Gasteiger partial charge < -0.3 is 15.4 Å². The van der Waals surface area contributed by atoms with E-state index >= 15 is 0 Å². The maximum Gasteiger partial charge on any atom is 0.311 e. The first-order chi connectivity index (χ1) is 13.4. The lowest BCUT2D eigenvalue weighted by Gasteiger charge is -2.10. The molecule has 146 valence electrons. The van der Waals surface area contributed by atoms with Gasteiger partial charge in [-0.3, -0.25) is 19.7 Å². The number of nitrogens with one attached hydrogen (secondary N) is 2. The summed E-state index contributed by atoms with van der Waals surface area (Å²) in [6.45, 7) is -0.160. The molecule has 1 aliphatic carbocycles. The Bertz CT molecular complexity index is 914. The predicted molar refractivity (Wildman–Crippen MR) is 103 cm³/mol. The second-order valence-corrected chi connectivity index (χ2v) is 6.83. The van der Waals surface area contributed by atoms with Gasteiger partial charge in [0, 0.05) is 35.3 Å². The fourth-order valence-electron chi connectivity index (χ4n) is 2.50. The first-order valence-corrected chi connectivity index (χ1v) is 9.03. The zero-order chi connectivity index (χ0) is 20.1. The average Bonchev–Trinajstić information content (AvgIpc) is 3.50. The Morgan fingerprint density at radius 2 is 2.00 bits per heavy atom. The number of nitro groups is 1. The van der Waals surface area contributed by atoms with E-state index in [1.165, 1.54) is 18.2 Å². The van der Waals surface area contributed by atoms with E-state index in [1.54, 1.807) is 18.2 Å². The summed E-state index contributed by atoms with van der Waals surface area (Å²) < 4.78 is 5.24. The maximum absolute atomic E-state index is 12.0. The average molecular weight is 404 g/mol. The number of nitrogens with zero attached hydrogens (tertiary/aromatic N) is 1. The van der Waals surface area contributed by atoms with Crippen molar-refractivity contribution >= 4 is 34.8 Å². The fourth-order valence-corrected chi connectivity index (χ4v) is 2.66. The van der Waals surface area contributed by atoms with Crippen LogP contribution in [0.15, 0.2) is 42.5 Å². The van der Waals surface area contributed by atoms with Crippen LogP contribution in [0.25, 0.3) is 0 Å². The van der Waals surface area contributed by atoms with Gasteiger partial charge >= 0.3 is 5.69 Å². The van der Waals surface area contributed by atoms with Crippen molar-refractivity contribution in [3.8, 4) is 5.75 Å². The van der Waals surface area contributed by atoms with Crippen molar-refractivity contribution < 1.29 is 19.2 Å². The number of benzene rings is 2. The van der Waals surface area contributed by atoms with Crippen LogP contribution in [0.3, 0.4) is 0 Å². The van der Waals surface area contributed by atoms with E-state index in [1.807, 2.05) is 6.07 Å². The molecule has 0 saturated heterocycles. The summed E-state index contributed by atoms with van der Waals surface area (Å²) in [4.78, 5) is 34.2. The highest BCUT2D eigenvalue weighted by Gasteiger charge is 2.29. The Labute approximate surface area is 166 Å². The molecule has 0 radical (unpaired) electrons. The summed E-state index contributed by atoms with van der Waals surface area (Å²) >= 11 is 5.82. The van der Waals surface area contributed by atoms with Crippen molar-refractivity contribution in [2.75, 3.05) is 11.9 Å². The first kappa shape index (κ1) is 19.6. The normalized spacial score (nSPS) is 12.9. The minimum Gasteiger partial charge on any atom is -0.477 e. The molecule has 0 unspecified atom stereocenters. The Balaban J connectivity index is 1.51. The zero-order valence-corrected chi connectivity index (χ0v) is 15.6. The van der Waals surface area contributed by atoms with Crippen LogP contribution in [0.5, 0.6) is 5.75 Å². The van der Waals surface area contributed by atoms with E-state index in [4.69, 9.17) is 16.3 Å². The van der Waals surface area contributed by atoms with Gasteiger partial charge in [-0.05, 0) is 36.6 Å². The van der Waals surface area contributed by atoms with Gasteiger partial charge in [0.05, 0.1) is 4.92 Å². The molecule has 0 bridgehead atoms. The van der Waals surface area contributed by atoms with Crippen molar-refractivity contribution in [1.82, 2.24) is 5.32 Å². The van der Waals surface area contributed by atoms with Gasteiger partial charge in [-0.2, -0.15) is 0 Å². The Morgan fingerprint density at radius 1 is 1.21 bits per heavy atom. The summed E-state index contributed by atoms with van der Waals surface area (Å²) in [5.74, 6) is -0.395. The molecule has 2 amide bonds. The van der Waals surface area contributed by atoms with Gasteiger partial charge in [0.25, 0.3) is 5.91 Å². The molecule has 1 saturated carbocycles. The number of anilines is 1. The lowest BCUT2D eigenvalue weighted by atomic mass is 10.2. The van der Waals surface area contributed by atoms with Crippen LogP contribution in [-0.2, 0) is 16.1 Å². The highest BCUT2D eigenvalue weighted by Crippen LogP contribution is 2.30. The fraction of sp³-hybridized carbons (Fsp3) is 0.263. The van der Waals surface area contributed by atoms with Crippen molar-refractivity contribution in [2.45, 2.75) is 19.4 Å². The first-order valence-electron chi connectivity index (χ1n) is 8.65. The molecule has 8 nitrogen and oxygen atoms in total. The second-order valence-electron chi connectivity index (χ2n) is 6.40. The van der Waals surface area contributed by atoms with Gasteiger partial charge in [-0.1, -0.05) is 23.7 Å². The number of carbonyl (C=O) groups excluding carboxylic acids is 2. The topological polar surface area (TPSA) is 111 Å². The summed E-state index contributed by atoms with van der Waals surface area (Å²) in [6, 6.07) is 11.1. The SMILES string of the molecule is O=C(COc1cc(Cl)ccc1[N+](=O)[O-])NCc1cccc(NC(=O)C2CC2)c1. The number of rotatable bonds is 8. The number of carbonyl (C=O) groups is 2. The van der Waals surface area contributed by atoms with Crippen LogP contribution in [0.4, 0.5) is 11.4 Å². The van der Waals surface area contributed by atoms with Crippen LogP contribution < -0.4 is 15.4 Å². The van der Waals surface area contributed by atoms with E-state index in [2.05, 4.69) is 10.6 Å². The van der Waals surface area contributed by atoms with Gasteiger partial charge in [-0.15, -0.1) is 0 Å². The summed E-state index contributed by atoms with van der Waals surface area (Å²) in [5, 5.41) is 16.8. The van der Waals surface area contributed by atoms with Crippen molar-refractivity contribution in [3.05, 3.63) is 63.2 Å². The van der Waals surface area contributed by atoms with Crippen LogP contribution in [-0.4, -0.2) is 23.3 Å². The predicted octanol–water partition coefficient (Wildman–Crippen LogP) is 3.29.